The number of hydrazine groups is 1. The SMILES string of the molecule is COC(=O)N(N)SC#N. The number of carbonyl (C=O) groups is 1. The second-order valence-corrected chi connectivity index (χ2v) is 1.74. The molecule has 0 spiro atoms. The number of thiocyanates is 1. The van der Waals surface area contributed by atoms with Gasteiger partial charge < -0.3 is 4.74 Å². The van der Waals surface area contributed by atoms with E-state index in [1.54, 1.807) is 5.40 Å². The Morgan fingerprint density at radius 2 is 2.56 bits per heavy atom. The van der Waals surface area contributed by atoms with E-state index in [0.717, 1.165) is 0 Å². The van der Waals surface area contributed by atoms with Gasteiger partial charge in [0.25, 0.3) is 0 Å². The van der Waals surface area contributed by atoms with Gasteiger partial charge in [0.2, 0.25) is 0 Å². The average Bonchev–Trinajstić information content (AvgIpc) is 1.87. The van der Waals surface area contributed by atoms with E-state index in [1.807, 2.05) is 0 Å². The van der Waals surface area contributed by atoms with Crippen LogP contribution in [0.2, 0.25) is 0 Å². The predicted octanol–water partition coefficient (Wildman–Crippen LogP) is 0.0578. The quantitative estimate of drug-likeness (QED) is 0.186. The number of amides is 1. The van der Waals surface area contributed by atoms with Crippen LogP contribution in [0.4, 0.5) is 4.79 Å². The molecule has 0 aromatic rings. The van der Waals surface area contributed by atoms with Crippen molar-refractivity contribution in [3.05, 3.63) is 0 Å². The van der Waals surface area contributed by atoms with Crippen molar-refractivity contribution in [2.24, 2.45) is 5.84 Å². The van der Waals surface area contributed by atoms with Crippen molar-refractivity contribution in [1.29, 1.82) is 5.26 Å². The van der Waals surface area contributed by atoms with Crippen LogP contribution in [0.5, 0.6) is 0 Å². The number of hydrogen-bond donors (Lipinski definition) is 1. The molecule has 1 amide bonds. The minimum atomic E-state index is -0.749. The molecule has 0 bridgehead atoms. The lowest BCUT2D eigenvalue weighted by atomic mass is 11.2. The molecule has 0 aliphatic heterocycles. The van der Waals surface area contributed by atoms with Crippen LogP contribution in [-0.2, 0) is 4.74 Å². The van der Waals surface area contributed by atoms with Gasteiger partial charge in [0, 0.05) is 0 Å². The van der Waals surface area contributed by atoms with Crippen LogP contribution in [0.1, 0.15) is 0 Å². The summed E-state index contributed by atoms with van der Waals surface area (Å²) >= 11 is 0.506. The van der Waals surface area contributed by atoms with Gasteiger partial charge in [-0.05, 0) is 0 Å². The van der Waals surface area contributed by atoms with Crippen molar-refractivity contribution in [1.82, 2.24) is 4.41 Å². The van der Waals surface area contributed by atoms with Crippen molar-refractivity contribution in [3.8, 4) is 5.40 Å². The van der Waals surface area contributed by atoms with E-state index in [-0.39, 0.29) is 0 Å². The lowest BCUT2D eigenvalue weighted by Crippen LogP contribution is -2.29. The minimum absolute atomic E-state index is 0.506. The maximum Gasteiger partial charge on any atom is 0.435 e. The molecule has 0 rings (SSSR count). The van der Waals surface area contributed by atoms with Gasteiger partial charge in [-0.1, -0.05) is 0 Å². The standard InChI is InChI=1S/C3H5N3O2S/c1-8-3(7)6(5)9-2-4/h5H2,1H3. The van der Waals surface area contributed by atoms with Crippen molar-refractivity contribution in [3.63, 3.8) is 0 Å². The third-order valence-corrected chi connectivity index (χ3v) is 0.921. The fourth-order valence-corrected chi connectivity index (χ4v) is 0.408. The molecule has 0 aliphatic rings. The fraction of sp³-hybridized carbons (Fsp3) is 0.333. The van der Waals surface area contributed by atoms with Gasteiger partial charge in [-0.15, -0.1) is 0 Å². The second-order valence-electron chi connectivity index (χ2n) is 0.978. The van der Waals surface area contributed by atoms with E-state index in [0.29, 0.717) is 16.4 Å². The van der Waals surface area contributed by atoms with Crippen molar-refractivity contribution < 1.29 is 9.53 Å². The maximum atomic E-state index is 10.3. The summed E-state index contributed by atoms with van der Waals surface area (Å²) in [7, 11) is 1.18. The molecule has 0 heterocycles. The zero-order chi connectivity index (χ0) is 7.28. The lowest BCUT2D eigenvalue weighted by molar-refractivity contribution is 0.152. The summed E-state index contributed by atoms with van der Waals surface area (Å²) in [5.74, 6) is 4.94. The van der Waals surface area contributed by atoms with Crippen LogP contribution in [0.25, 0.3) is 0 Å². The zero-order valence-electron chi connectivity index (χ0n) is 4.70. The van der Waals surface area contributed by atoms with Crippen LogP contribution < -0.4 is 5.84 Å². The molecule has 0 atom stereocenters. The number of rotatable bonds is 1. The number of nitrogens with zero attached hydrogens (tertiary/aromatic N) is 2. The van der Waals surface area contributed by atoms with Crippen molar-refractivity contribution in [2.75, 3.05) is 7.11 Å². The Bertz CT molecular complexity index is 142. The van der Waals surface area contributed by atoms with E-state index in [2.05, 4.69) is 4.74 Å². The number of carbonyl (C=O) groups excluding carboxylic acids is 1. The first-order valence-corrected chi connectivity index (χ1v) is 2.68. The smallest absolute Gasteiger partial charge is 0.435 e. The first-order chi connectivity index (χ1) is 4.22. The van der Waals surface area contributed by atoms with Gasteiger partial charge in [-0.2, -0.15) is 9.68 Å². The Balaban J connectivity index is 3.62. The Kier molecular flexibility index (Phi) is 3.59. The Labute approximate surface area is 56.5 Å². The monoisotopic (exact) mass is 147 g/mol. The Hall–Kier alpha value is -0.930. The summed E-state index contributed by atoms with van der Waals surface area (Å²) in [6.45, 7) is 0. The second kappa shape index (κ2) is 4.00. The fourth-order valence-electron chi connectivity index (χ4n) is 0.171. The van der Waals surface area contributed by atoms with Crippen molar-refractivity contribution in [2.45, 2.75) is 0 Å². The van der Waals surface area contributed by atoms with Gasteiger partial charge in [0.05, 0.1) is 19.1 Å². The highest BCUT2D eigenvalue weighted by atomic mass is 32.2. The van der Waals surface area contributed by atoms with Gasteiger partial charge in [-0.3, -0.25) is 0 Å². The molecular formula is C3H5N3O2S. The van der Waals surface area contributed by atoms with Crippen molar-refractivity contribution >= 4 is 18.0 Å². The molecule has 0 unspecified atom stereocenters. The van der Waals surface area contributed by atoms with E-state index < -0.39 is 6.09 Å². The molecule has 6 heteroatoms. The number of hydrogen-bond acceptors (Lipinski definition) is 5. The number of nitrogens with two attached hydrogens (primary N) is 1. The molecule has 0 aromatic carbocycles. The molecule has 0 fully saturated rings. The molecule has 2 N–H and O–H groups in total. The third-order valence-electron chi connectivity index (χ3n) is 0.494. The van der Waals surface area contributed by atoms with Crippen LogP contribution in [-0.4, -0.2) is 17.6 Å². The van der Waals surface area contributed by atoms with Crippen LogP contribution in [0.15, 0.2) is 0 Å². The summed E-state index contributed by atoms with van der Waals surface area (Å²) in [5.41, 5.74) is 0. The van der Waals surface area contributed by atoms with E-state index in [4.69, 9.17) is 11.1 Å². The number of nitriles is 1. The average molecular weight is 147 g/mol. The molecule has 0 radical (unpaired) electrons. The largest absolute Gasteiger partial charge is 0.451 e. The van der Waals surface area contributed by atoms with Gasteiger partial charge in [0.15, 0.2) is 5.40 Å². The topological polar surface area (TPSA) is 79.3 Å². The normalized spacial score (nSPS) is 7.67. The molecule has 50 valence electrons. The van der Waals surface area contributed by atoms with Gasteiger partial charge in [0.1, 0.15) is 0 Å². The van der Waals surface area contributed by atoms with Crippen LogP contribution in [0, 0.1) is 10.7 Å². The number of ether oxygens (including phenoxy) is 1. The van der Waals surface area contributed by atoms with Gasteiger partial charge in [-0.25, -0.2) is 10.6 Å². The summed E-state index contributed by atoms with van der Waals surface area (Å²) in [6.07, 6.45) is -0.749. The Morgan fingerprint density at radius 1 is 2.00 bits per heavy atom. The third kappa shape index (κ3) is 2.79. The first-order valence-electron chi connectivity index (χ1n) is 1.91. The molecular weight excluding hydrogens is 142 g/mol. The molecule has 0 saturated heterocycles. The highest BCUT2D eigenvalue weighted by Crippen LogP contribution is 2.01. The first kappa shape index (κ1) is 8.07. The van der Waals surface area contributed by atoms with Crippen LogP contribution in [0.3, 0.4) is 0 Å². The zero-order valence-corrected chi connectivity index (χ0v) is 5.51. The highest BCUT2D eigenvalue weighted by Gasteiger charge is 2.07. The Morgan fingerprint density at radius 3 is 2.89 bits per heavy atom. The lowest BCUT2D eigenvalue weighted by Gasteiger charge is -2.06. The summed E-state index contributed by atoms with van der Waals surface area (Å²) in [5, 5.41) is 9.56. The molecule has 9 heavy (non-hydrogen) atoms. The molecule has 0 aliphatic carbocycles. The van der Waals surface area contributed by atoms with E-state index >= 15 is 0 Å². The molecule has 0 saturated carbocycles. The summed E-state index contributed by atoms with van der Waals surface area (Å²) in [4.78, 5) is 10.3. The number of methoxy groups -OCH3 is 1. The summed E-state index contributed by atoms with van der Waals surface area (Å²) < 4.78 is 4.75. The molecule has 0 aromatic heterocycles. The summed E-state index contributed by atoms with van der Waals surface area (Å²) in [6, 6.07) is 0. The molecule has 5 nitrogen and oxygen atoms in total. The highest BCUT2D eigenvalue weighted by molar-refractivity contribution is 8.01. The van der Waals surface area contributed by atoms with E-state index in [9.17, 15) is 4.79 Å². The minimum Gasteiger partial charge on any atom is -0.451 e. The maximum absolute atomic E-state index is 10.3. The predicted molar refractivity (Wildman–Crippen MR) is 31.6 cm³/mol. The van der Waals surface area contributed by atoms with Gasteiger partial charge >= 0.3 is 6.09 Å². The van der Waals surface area contributed by atoms with E-state index in [1.165, 1.54) is 7.11 Å². The van der Waals surface area contributed by atoms with Crippen LogP contribution >= 0.6 is 11.9 Å².